The number of nitrogens with zero attached hydrogens (tertiary/aromatic N) is 1. The molecule has 114 valence electrons. The highest BCUT2D eigenvalue weighted by atomic mass is 32.2. The summed E-state index contributed by atoms with van der Waals surface area (Å²) in [5, 5.41) is 0. The Morgan fingerprint density at radius 1 is 1.38 bits per heavy atom. The summed E-state index contributed by atoms with van der Waals surface area (Å²) < 4.78 is 33.6. The third-order valence-electron chi connectivity index (χ3n) is 3.11. The third-order valence-corrected chi connectivity index (χ3v) is 4.65. The van der Waals surface area contributed by atoms with Crippen molar-refractivity contribution in [2.24, 2.45) is 5.73 Å². The molecule has 1 saturated heterocycles. The van der Waals surface area contributed by atoms with Crippen molar-refractivity contribution in [3.63, 3.8) is 0 Å². The van der Waals surface area contributed by atoms with Gasteiger partial charge in [-0.2, -0.15) is 12.7 Å². The fraction of sp³-hybridized carbons (Fsp3) is 0.429. The van der Waals surface area contributed by atoms with Gasteiger partial charge in [0.1, 0.15) is 0 Å². The Kier molecular flexibility index (Phi) is 5.20. The monoisotopic (exact) mass is 309 g/mol. The van der Waals surface area contributed by atoms with Gasteiger partial charge in [-0.25, -0.2) is 0 Å². The largest absolute Gasteiger partial charge is 0.379 e. The molecular formula is C14H19N3O3S. The third kappa shape index (κ3) is 4.19. The maximum absolute atomic E-state index is 12.2. The van der Waals surface area contributed by atoms with E-state index in [-0.39, 0.29) is 0 Å². The molecule has 0 amide bonds. The Labute approximate surface area is 125 Å². The molecule has 1 aliphatic rings. The van der Waals surface area contributed by atoms with Gasteiger partial charge in [-0.3, -0.25) is 4.72 Å². The molecular weight excluding hydrogens is 290 g/mol. The van der Waals surface area contributed by atoms with Gasteiger partial charge in [-0.05, 0) is 30.7 Å². The summed E-state index contributed by atoms with van der Waals surface area (Å²) in [6, 6.07) is 5.25. The molecule has 0 atom stereocenters. The predicted molar refractivity (Wildman–Crippen MR) is 82.0 cm³/mol. The van der Waals surface area contributed by atoms with E-state index in [0.29, 0.717) is 38.5 Å². The van der Waals surface area contributed by atoms with Gasteiger partial charge in [0.25, 0.3) is 0 Å². The molecule has 1 aromatic carbocycles. The number of benzene rings is 1. The van der Waals surface area contributed by atoms with Crippen LogP contribution in [-0.2, 0) is 14.9 Å². The molecule has 0 aromatic heterocycles. The van der Waals surface area contributed by atoms with Crippen LogP contribution in [0.1, 0.15) is 11.1 Å². The van der Waals surface area contributed by atoms with Crippen LogP contribution in [0.3, 0.4) is 0 Å². The van der Waals surface area contributed by atoms with E-state index >= 15 is 0 Å². The minimum atomic E-state index is -3.54. The number of nitrogens with one attached hydrogen (secondary N) is 1. The lowest BCUT2D eigenvalue weighted by molar-refractivity contribution is 0.0733. The standard InChI is InChI=1S/C14H19N3O3S/c1-12-11-14(5-4-13(12)3-2-6-15)16-21(18,19)17-7-9-20-10-8-17/h4-5,11,16H,6-10,15H2,1H3. The van der Waals surface area contributed by atoms with Gasteiger partial charge in [0.2, 0.25) is 0 Å². The molecule has 0 saturated carbocycles. The lowest BCUT2D eigenvalue weighted by atomic mass is 10.1. The number of anilines is 1. The van der Waals surface area contributed by atoms with Gasteiger partial charge in [0.15, 0.2) is 0 Å². The molecule has 0 spiro atoms. The van der Waals surface area contributed by atoms with Gasteiger partial charge in [-0.15, -0.1) is 0 Å². The molecule has 1 aliphatic heterocycles. The summed E-state index contributed by atoms with van der Waals surface area (Å²) in [7, 11) is -3.54. The van der Waals surface area contributed by atoms with Crippen LogP contribution < -0.4 is 10.5 Å². The van der Waals surface area contributed by atoms with Crippen LogP contribution in [0.4, 0.5) is 5.69 Å². The van der Waals surface area contributed by atoms with Crippen LogP contribution in [-0.4, -0.2) is 45.6 Å². The summed E-state index contributed by atoms with van der Waals surface area (Å²) in [4.78, 5) is 0. The van der Waals surface area contributed by atoms with Crippen LogP contribution in [0.25, 0.3) is 0 Å². The minimum absolute atomic E-state index is 0.296. The zero-order valence-electron chi connectivity index (χ0n) is 11.9. The Hall–Kier alpha value is -1.59. The first kappa shape index (κ1) is 15.8. The molecule has 1 heterocycles. The fourth-order valence-corrected chi connectivity index (χ4v) is 3.20. The average molecular weight is 309 g/mol. The van der Waals surface area contributed by atoms with Crippen LogP contribution in [0.2, 0.25) is 0 Å². The van der Waals surface area contributed by atoms with Crippen molar-refractivity contribution < 1.29 is 13.2 Å². The Bertz CT molecular complexity index is 656. The molecule has 1 aromatic rings. The predicted octanol–water partition coefficient (Wildman–Crippen LogP) is 0.294. The van der Waals surface area contributed by atoms with E-state index in [4.69, 9.17) is 10.5 Å². The zero-order valence-corrected chi connectivity index (χ0v) is 12.7. The van der Waals surface area contributed by atoms with Crippen molar-refractivity contribution in [2.45, 2.75) is 6.92 Å². The lowest BCUT2D eigenvalue weighted by Crippen LogP contribution is -2.43. The first-order valence-corrected chi connectivity index (χ1v) is 8.12. The van der Waals surface area contributed by atoms with E-state index in [1.807, 2.05) is 6.92 Å². The molecule has 0 aliphatic carbocycles. The van der Waals surface area contributed by atoms with E-state index in [1.54, 1.807) is 18.2 Å². The SMILES string of the molecule is Cc1cc(NS(=O)(=O)N2CCOCC2)ccc1C#CCN. The summed E-state index contributed by atoms with van der Waals surface area (Å²) >= 11 is 0. The second-order valence-electron chi connectivity index (χ2n) is 4.65. The van der Waals surface area contributed by atoms with Crippen molar-refractivity contribution in [3.05, 3.63) is 29.3 Å². The van der Waals surface area contributed by atoms with Gasteiger partial charge < -0.3 is 10.5 Å². The van der Waals surface area contributed by atoms with Crippen molar-refractivity contribution in [1.29, 1.82) is 0 Å². The summed E-state index contributed by atoms with van der Waals surface area (Å²) in [5.41, 5.74) is 7.61. The summed E-state index contributed by atoms with van der Waals surface area (Å²) in [6.07, 6.45) is 0. The van der Waals surface area contributed by atoms with Crippen molar-refractivity contribution in [1.82, 2.24) is 4.31 Å². The number of hydrogen-bond donors (Lipinski definition) is 2. The topological polar surface area (TPSA) is 84.7 Å². The molecule has 0 radical (unpaired) electrons. The average Bonchev–Trinajstić information content (AvgIpc) is 2.47. The lowest BCUT2D eigenvalue weighted by Gasteiger charge is -2.26. The van der Waals surface area contributed by atoms with Gasteiger partial charge in [0, 0.05) is 18.7 Å². The molecule has 0 unspecified atom stereocenters. The van der Waals surface area contributed by atoms with E-state index < -0.39 is 10.2 Å². The van der Waals surface area contributed by atoms with E-state index in [2.05, 4.69) is 16.6 Å². The maximum Gasteiger partial charge on any atom is 0.301 e. The molecule has 7 heteroatoms. The van der Waals surface area contributed by atoms with Gasteiger partial charge in [-0.1, -0.05) is 11.8 Å². The van der Waals surface area contributed by atoms with Crippen molar-refractivity contribution in [3.8, 4) is 11.8 Å². The molecule has 2 rings (SSSR count). The number of hydrogen-bond acceptors (Lipinski definition) is 4. The highest BCUT2D eigenvalue weighted by Gasteiger charge is 2.24. The number of nitrogens with two attached hydrogens (primary N) is 1. The quantitative estimate of drug-likeness (QED) is 0.786. The first-order valence-electron chi connectivity index (χ1n) is 6.68. The van der Waals surface area contributed by atoms with E-state index in [0.717, 1.165) is 11.1 Å². The summed E-state index contributed by atoms with van der Waals surface area (Å²) in [5.74, 6) is 5.73. The normalized spacial score (nSPS) is 16.1. The first-order chi connectivity index (χ1) is 10.0. The Morgan fingerprint density at radius 2 is 2.10 bits per heavy atom. The van der Waals surface area contributed by atoms with E-state index in [9.17, 15) is 8.42 Å². The number of morpholine rings is 1. The van der Waals surface area contributed by atoms with Crippen molar-refractivity contribution in [2.75, 3.05) is 37.6 Å². The second kappa shape index (κ2) is 6.91. The number of aryl methyl sites for hydroxylation is 1. The fourth-order valence-electron chi connectivity index (χ4n) is 2.01. The number of ether oxygens (including phenoxy) is 1. The molecule has 1 fully saturated rings. The smallest absolute Gasteiger partial charge is 0.301 e. The Balaban J connectivity index is 2.14. The zero-order chi connectivity index (χ0) is 15.3. The Morgan fingerprint density at radius 3 is 2.71 bits per heavy atom. The molecule has 21 heavy (non-hydrogen) atoms. The van der Waals surface area contributed by atoms with Crippen LogP contribution in [0.5, 0.6) is 0 Å². The van der Waals surface area contributed by atoms with Crippen LogP contribution in [0.15, 0.2) is 18.2 Å². The van der Waals surface area contributed by atoms with Gasteiger partial charge in [0.05, 0.1) is 25.4 Å². The van der Waals surface area contributed by atoms with Gasteiger partial charge >= 0.3 is 10.2 Å². The number of rotatable bonds is 3. The molecule has 0 bridgehead atoms. The van der Waals surface area contributed by atoms with E-state index in [1.165, 1.54) is 4.31 Å². The minimum Gasteiger partial charge on any atom is -0.379 e. The second-order valence-corrected chi connectivity index (χ2v) is 6.32. The molecule has 3 N–H and O–H groups in total. The maximum atomic E-state index is 12.2. The molecule has 6 nitrogen and oxygen atoms in total. The summed E-state index contributed by atoms with van der Waals surface area (Å²) in [6.45, 7) is 3.77. The van der Waals surface area contributed by atoms with Crippen molar-refractivity contribution >= 4 is 15.9 Å². The van der Waals surface area contributed by atoms with Crippen LogP contribution >= 0.6 is 0 Å². The highest BCUT2D eigenvalue weighted by Crippen LogP contribution is 2.17. The van der Waals surface area contributed by atoms with Crippen LogP contribution in [0, 0.1) is 18.8 Å². The highest BCUT2D eigenvalue weighted by molar-refractivity contribution is 7.90.